The van der Waals surface area contributed by atoms with Crippen LogP contribution in [0.5, 0.6) is 0 Å². The first-order valence-electron chi connectivity index (χ1n) is 5.69. The van der Waals surface area contributed by atoms with E-state index in [9.17, 15) is 14.3 Å². The summed E-state index contributed by atoms with van der Waals surface area (Å²) in [6.07, 6.45) is 0.625. The third-order valence-corrected chi connectivity index (χ3v) is 3.63. The molecule has 3 nitrogen and oxygen atoms in total. The van der Waals surface area contributed by atoms with Crippen LogP contribution in [0.4, 0.5) is 10.1 Å². The van der Waals surface area contributed by atoms with Gasteiger partial charge in [-0.3, -0.25) is 4.79 Å². The molecular formula is C13H16FNO2. The van der Waals surface area contributed by atoms with Crippen molar-refractivity contribution in [1.29, 1.82) is 0 Å². The van der Waals surface area contributed by atoms with Gasteiger partial charge in [-0.2, -0.15) is 0 Å². The molecule has 17 heavy (non-hydrogen) atoms. The van der Waals surface area contributed by atoms with E-state index < -0.39 is 11.5 Å². The van der Waals surface area contributed by atoms with E-state index in [2.05, 4.69) is 0 Å². The molecule has 0 saturated carbocycles. The van der Waals surface area contributed by atoms with Crippen molar-refractivity contribution in [3.05, 3.63) is 30.1 Å². The molecule has 1 unspecified atom stereocenters. The van der Waals surface area contributed by atoms with Crippen LogP contribution in [0.2, 0.25) is 0 Å². The molecule has 1 aromatic carbocycles. The number of aliphatic carboxylic acids is 1. The fourth-order valence-corrected chi connectivity index (χ4v) is 2.60. The second kappa shape index (κ2) is 4.02. The highest BCUT2D eigenvalue weighted by molar-refractivity contribution is 5.74. The van der Waals surface area contributed by atoms with Crippen LogP contribution in [-0.4, -0.2) is 23.2 Å². The lowest BCUT2D eigenvalue weighted by molar-refractivity contribution is -0.142. The molecule has 1 fully saturated rings. The van der Waals surface area contributed by atoms with Crippen LogP contribution in [0, 0.1) is 11.7 Å². The molecule has 0 bridgehead atoms. The van der Waals surface area contributed by atoms with Gasteiger partial charge in [-0.15, -0.1) is 0 Å². The fourth-order valence-electron chi connectivity index (χ4n) is 2.60. The molecule has 0 radical (unpaired) electrons. The lowest BCUT2D eigenvalue weighted by Crippen LogP contribution is -2.45. The second-order valence-electron chi connectivity index (χ2n) is 4.96. The van der Waals surface area contributed by atoms with Crippen LogP contribution >= 0.6 is 0 Å². The van der Waals surface area contributed by atoms with E-state index in [1.165, 1.54) is 12.1 Å². The zero-order chi connectivity index (χ0) is 12.6. The lowest BCUT2D eigenvalue weighted by atomic mass is 9.88. The molecule has 0 aromatic heterocycles. The molecule has 1 aliphatic rings. The first-order valence-corrected chi connectivity index (χ1v) is 5.69. The Balaban J connectivity index is 2.29. The highest BCUT2D eigenvalue weighted by atomic mass is 19.1. The first-order chi connectivity index (χ1) is 7.93. The van der Waals surface area contributed by atoms with Crippen molar-refractivity contribution in [1.82, 2.24) is 0 Å². The van der Waals surface area contributed by atoms with Gasteiger partial charge in [0.05, 0.1) is 5.92 Å². The van der Waals surface area contributed by atoms with Gasteiger partial charge in [0.1, 0.15) is 5.82 Å². The maximum atomic E-state index is 12.9. The molecule has 0 aliphatic carbocycles. The zero-order valence-corrected chi connectivity index (χ0v) is 9.98. The summed E-state index contributed by atoms with van der Waals surface area (Å²) in [5.41, 5.74) is 0.434. The molecule has 1 saturated heterocycles. The van der Waals surface area contributed by atoms with Gasteiger partial charge in [-0.25, -0.2) is 4.39 Å². The summed E-state index contributed by atoms with van der Waals surface area (Å²) in [5, 5.41) is 9.17. The summed E-state index contributed by atoms with van der Waals surface area (Å²) in [7, 11) is 0. The SMILES string of the molecule is CC1(C)C(C(=O)O)CCN1c1ccc(F)cc1. The van der Waals surface area contributed by atoms with Crippen LogP contribution in [0.1, 0.15) is 20.3 Å². The highest BCUT2D eigenvalue weighted by Gasteiger charge is 2.45. The monoisotopic (exact) mass is 237 g/mol. The van der Waals surface area contributed by atoms with Gasteiger partial charge < -0.3 is 10.0 Å². The van der Waals surface area contributed by atoms with Crippen molar-refractivity contribution in [3.63, 3.8) is 0 Å². The smallest absolute Gasteiger partial charge is 0.308 e. The predicted molar refractivity (Wildman–Crippen MR) is 63.6 cm³/mol. The number of nitrogens with zero attached hydrogens (tertiary/aromatic N) is 1. The van der Waals surface area contributed by atoms with Crippen LogP contribution in [0.25, 0.3) is 0 Å². The Hall–Kier alpha value is -1.58. The molecule has 1 heterocycles. The summed E-state index contributed by atoms with van der Waals surface area (Å²) < 4.78 is 12.9. The molecule has 0 amide bonds. The average molecular weight is 237 g/mol. The topological polar surface area (TPSA) is 40.5 Å². The molecule has 1 atom stereocenters. The Labute approximate surface area is 99.9 Å². The van der Waals surface area contributed by atoms with Crippen molar-refractivity contribution in [3.8, 4) is 0 Å². The molecule has 92 valence electrons. The summed E-state index contributed by atoms with van der Waals surface area (Å²) in [6, 6.07) is 6.20. The number of carboxylic acids is 1. The van der Waals surface area contributed by atoms with Crippen LogP contribution in [0.15, 0.2) is 24.3 Å². The zero-order valence-electron chi connectivity index (χ0n) is 9.98. The molecule has 4 heteroatoms. The maximum Gasteiger partial charge on any atom is 0.308 e. The minimum absolute atomic E-state index is 0.277. The molecule has 2 rings (SSSR count). The van der Waals surface area contributed by atoms with E-state index in [-0.39, 0.29) is 11.7 Å². The minimum Gasteiger partial charge on any atom is -0.481 e. The molecule has 1 aromatic rings. The Kier molecular flexibility index (Phi) is 2.81. The summed E-state index contributed by atoms with van der Waals surface area (Å²) in [5.74, 6) is -1.42. The van der Waals surface area contributed by atoms with Crippen molar-refractivity contribution in [2.45, 2.75) is 25.8 Å². The van der Waals surface area contributed by atoms with Crippen molar-refractivity contribution in [2.24, 2.45) is 5.92 Å². The number of anilines is 1. The normalized spacial score (nSPS) is 22.8. The molecule has 1 N–H and O–H groups in total. The van der Waals surface area contributed by atoms with Gasteiger partial charge in [-0.05, 0) is 44.5 Å². The van der Waals surface area contributed by atoms with E-state index in [0.717, 1.165) is 5.69 Å². The number of carboxylic acid groups (broad SMARTS) is 1. The summed E-state index contributed by atoms with van der Waals surface area (Å²) in [4.78, 5) is 13.2. The van der Waals surface area contributed by atoms with E-state index in [0.29, 0.717) is 13.0 Å². The largest absolute Gasteiger partial charge is 0.481 e. The maximum absolute atomic E-state index is 12.9. The van der Waals surface area contributed by atoms with Crippen molar-refractivity contribution >= 4 is 11.7 Å². The van der Waals surface area contributed by atoms with E-state index in [1.54, 1.807) is 12.1 Å². The first kappa shape index (κ1) is 11.9. The van der Waals surface area contributed by atoms with Gasteiger partial charge in [-0.1, -0.05) is 0 Å². The Morgan fingerprint density at radius 1 is 1.41 bits per heavy atom. The van der Waals surface area contributed by atoms with Gasteiger partial charge in [0.15, 0.2) is 0 Å². The summed E-state index contributed by atoms with van der Waals surface area (Å²) >= 11 is 0. The minimum atomic E-state index is -0.764. The van der Waals surface area contributed by atoms with Crippen LogP contribution in [0.3, 0.4) is 0 Å². The predicted octanol–water partition coefficient (Wildman–Crippen LogP) is 2.52. The Bertz CT molecular complexity index is 428. The van der Waals surface area contributed by atoms with Crippen molar-refractivity contribution < 1.29 is 14.3 Å². The Morgan fingerprint density at radius 2 is 2.00 bits per heavy atom. The number of benzene rings is 1. The standard InChI is InChI=1S/C13H16FNO2/c1-13(2)11(12(16)17)7-8-15(13)10-5-3-9(14)4-6-10/h3-6,11H,7-8H2,1-2H3,(H,16,17). The van der Waals surface area contributed by atoms with Crippen LogP contribution < -0.4 is 4.90 Å². The molecule has 0 spiro atoms. The molecular weight excluding hydrogens is 221 g/mol. The third-order valence-electron chi connectivity index (χ3n) is 3.63. The fraction of sp³-hybridized carbons (Fsp3) is 0.462. The number of rotatable bonds is 2. The van der Waals surface area contributed by atoms with E-state index in [4.69, 9.17) is 0 Å². The highest BCUT2D eigenvalue weighted by Crippen LogP contribution is 2.38. The quantitative estimate of drug-likeness (QED) is 0.859. The van der Waals surface area contributed by atoms with Crippen molar-refractivity contribution in [2.75, 3.05) is 11.4 Å². The lowest BCUT2D eigenvalue weighted by Gasteiger charge is -2.36. The number of carbonyl (C=O) groups is 1. The van der Waals surface area contributed by atoms with Gasteiger partial charge in [0.2, 0.25) is 0 Å². The van der Waals surface area contributed by atoms with Gasteiger partial charge in [0.25, 0.3) is 0 Å². The number of halogens is 1. The summed E-state index contributed by atoms with van der Waals surface area (Å²) in [6.45, 7) is 4.53. The van der Waals surface area contributed by atoms with E-state index in [1.807, 2.05) is 18.7 Å². The number of hydrogen-bond acceptors (Lipinski definition) is 2. The van der Waals surface area contributed by atoms with Crippen LogP contribution in [-0.2, 0) is 4.79 Å². The van der Waals surface area contributed by atoms with Gasteiger partial charge in [0, 0.05) is 17.8 Å². The molecule has 1 aliphatic heterocycles. The Morgan fingerprint density at radius 3 is 2.47 bits per heavy atom. The third kappa shape index (κ3) is 1.99. The number of hydrogen-bond donors (Lipinski definition) is 1. The second-order valence-corrected chi connectivity index (χ2v) is 4.96. The average Bonchev–Trinajstić information content (AvgIpc) is 2.55. The van der Waals surface area contributed by atoms with E-state index >= 15 is 0 Å². The van der Waals surface area contributed by atoms with Gasteiger partial charge >= 0.3 is 5.97 Å².